The molecule has 148 valence electrons. The number of anilines is 2. The molecule has 0 aliphatic carbocycles. The van der Waals surface area contributed by atoms with Crippen LogP contribution in [0.15, 0.2) is 76.4 Å². The summed E-state index contributed by atoms with van der Waals surface area (Å²) in [4.78, 5) is 27.3. The van der Waals surface area contributed by atoms with E-state index >= 15 is 0 Å². The summed E-state index contributed by atoms with van der Waals surface area (Å²) in [5.74, 6) is -0.527. The summed E-state index contributed by atoms with van der Waals surface area (Å²) >= 11 is 2.68. The number of hydrazone groups is 1. The van der Waals surface area contributed by atoms with Crippen molar-refractivity contribution in [2.24, 2.45) is 5.10 Å². The number of carbonyl (C=O) groups is 2. The van der Waals surface area contributed by atoms with Gasteiger partial charge in [-0.1, -0.05) is 48.2 Å². The van der Waals surface area contributed by atoms with Gasteiger partial charge in [0.2, 0.25) is 4.33 Å². The van der Waals surface area contributed by atoms with Crippen LogP contribution in [0.1, 0.15) is 13.8 Å². The average Bonchev–Trinajstić information content (AvgIpc) is 3.27. The van der Waals surface area contributed by atoms with Crippen LogP contribution in [0.5, 0.6) is 0 Å². The molecule has 6 nitrogen and oxygen atoms in total. The number of benzene rings is 2. The van der Waals surface area contributed by atoms with E-state index in [4.69, 9.17) is 4.74 Å². The molecule has 0 aromatic heterocycles. The Morgan fingerprint density at radius 1 is 0.966 bits per heavy atom. The maximum absolute atomic E-state index is 12.5. The van der Waals surface area contributed by atoms with Gasteiger partial charge < -0.3 is 9.64 Å². The minimum atomic E-state index is -0.892. The summed E-state index contributed by atoms with van der Waals surface area (Å²) in [5, 5.41) is 6.85. The van der Waals surface area contributed by atoms with E-state index < -0.39 is 10.3 Å². The van der Waals surface area contributed by atoms with Crippen molar-refractivity contribution >= 4 is 51.7 Å². The van der Waals surface area contributed by atoms with Gasteiger partial charge in [-0.05, 0) is 43.0 Å². The molecule has 4 rings (SSSR count). The van der Waals surface area contributed by atoms with Crippen LogP contribution in [0.4, 0.5) is 11.4 Å². The van der Waals surface area contributed by atoms with Gasteiger partial charge in [-0.3, -0.25) is 4.79 Å². The van der Waals surface area contributed by atoms with Crippen molar-refractivity contribution in [3.8, 4) is 0 Å². The first-order valence-corrected chi connectivity index (χ1v) is 10.6. The topological polar surface area (TPSA) is 62.2 Å². The molecule has 1 unspecified atom stereocenters. The maximum atomic E-state index is 12.5. The lowest BCUT2D eigenvalue weighted by molar-refractivity contribution is -0.135. The van der Waals surface area contributed by atoms with Crippen LogP contribution in [0.2, 0.25) is 0 Å². The molecule has 0 N–H and O–H groups in total. The van der Waals surface area contributed by atoms with Gasteiger partial charge >= 0.3 is 5.97 Å². The molecule has 0 amide bonds. The smallest absolute Gasteiger partial charge is 0.346 e. The Labute approximate surface area is 177 Å². The predicted molar refractivity (Wildman–Crippen MR) is 119 cm³/mol. The van der Waals surface area contributed by atoms with E-state index in [0.717, 1.165) is 17.1 Å². The molecule has 0 saturated carbocycles. The predicted octanol–water partition coefficient (Wildman–Crippen LogP) is 4.41. The molecule has 1 spiro atoms. The van der Waals surface area contributed by atoms with Gasteiger partial charge in [-0.25, -0.2) is 9.80 Å². The Hall–Kier alpha value is -2.71. The summed E-state index contributed by atoms with van der Waals surface area (Å²) < 4.78 is 4.14. The van der Waals surface area contributed by atoms with Crippen LogP contribution in [-0.2, 0) is 14.3 Å². The van der Waals surface area contributed by atoms with Crippen molar-refractivity contribution < 1.29 is 14.3 Å². The molecule has 1 atom stereocenters. The normalized spacial score (nSPS) is 21.0. The number of ether oxygens (including phenoxy) is 1. The third-order valence-corrected chi connectivity index (χ3v) is 7.53. The van der Waals surface area contributed by atoms with Gasteiger partial charge in [0.05, 0.1) is 12.8 Å². The summed E-state index contributed by atoms with van der Waals surface area (Å²) in [6, 6.07) is 19.4. The molecule has 0 bridgehead atoms. The molecule has 0 fully saturated rings. The number of Topliss-reactive ketones (excluding diaryl/α,β-unsaturated/α-hetero) is 1. The third-order valence-electron chi connectivity index (χ3n) is 4.56. The zero-order valence-electron chi connectivity index (χ0n) is 16.2. The zero-order chi connectivity index (χ0) is 20.6. The number of carbonyl (C=O) groups excluding carboxylic acids is 2. The monoisotopic (exact) mass is 425 g/mol. The van der Waals surface area contributed by atoms with Crippen molar-refractivity contribution in [2.45, 2.75) is 18.2 Å². The van der Waals surface area contributed by atoms with Crippen LogP contribution in [0.25, 0.3) is 0 Å². The SMILES string of the molecule is COC(=O)C1=C(C)N(c2ccccc2)C2(SC(C(C)=O)=NN2c2ccccc2)S1. The second-order valence-corrected chi connectivity index (χ2v) is 9.04. The van der Waals surface area contributed by atoms with Crippen LogP contribution >= 0.6 is 23.5 Å². The molecule has 2 aliphatic heterocycles. The Morgan fingerprint density at radius 3 is 2.10 bits per heavy atom. The number of hydrogen-bond acceptors (Lipinski definition) is 8. The second-order valence-electron chi connectivity index (χ2n) is 6.44. The first kappa shape index (κ1) is 19.6. The fraction of sp³-hybridized carbons (Fsp3) is 0.190. The van der Waals surface area contributed by atoms with Crippen LogP contribution < -0.4 is 9.91 Å². The number of esters is 1. The maximum Gasteiger partial charge on any atom is 0.346 e. The number of methoxy groups -OCH3 is 1. The number of nitrogens with zero attached hydrogens (tertiary/aromatic N) is 3. The number of ketones is 1. The van der Waals surface area contributed by atoms with Crippen molar-refractivity contribution in [3.63, 3.8) is 0 Å². The van der Waals surface area contributed by atoms with E-state index in [2.05, 4.69) is 5.10 Å². The molecule has 2 aromatic carbocycles. The van der Waals surface area contributed by atoms with Gasteiger partial charge in [0, 0.05) is 18.3 Å². The molecule has 0 saturated heterocycles. The lowest BCUT2D eigenvalue weighted by Crippen LogP contribution is -2.49. The number of hydrogen-bond donors (Lipinski definition) is 0. The van der Waals surface area contributed by atoms with Crippen LogP contribution in [0, 0.1) is 0 Å². The molecule has 2 aromatic rings. The van der Waals surface area contributed by atoms with Crippen molar-refractivity contribution in [2.75, 3.05) is 17.0 Å². The molecule has 29 heavy (non-hydrogen) atoms. The lowest BCUT2D eigenvalue weighted by atomic mass is 10.2. The molecule has 2 aliphatic rings. The van der Waals surface area contributed by atoms with Crippen molar-refractivity contribution in [3.05, 3.63) is 71.3 Å². The van der Waals surface area contributed by atoms with E-state index in [1.54, 1.807) is 0 Å². The Morgan fingerprint density at radius 2 is 1.55 bits per heavy atom. The van der Waals surface area contributed by atoms with E-state index in [0.29, 0.717) is 9.95 Å². The highest BCUT2D eigenvalue weighted by molar-refractivity contribution is 8.29. The molecule has 8 heteroatoms. The van der Waals surface area contributed by atoms with Crippen LogP contribution in [-0.4, -0.2) is 28.2 Å². The highest BCUT2D eigenvalue weighted by Crippen LogP contribution is 2.60. The van der Waals surface area contributed by atoms with Gasteiger partial charge in [0.15, 0.2) is 10.8 Å². The lowest BCUT2D eigenvalue weighted by Gasteiger charge is -2.41. The number of allylic oxidation sites excluding steroid dienone is 1. The largest absolute Gasteiger partial charge is 0.465 e. The van der Waals surface area contributed by atoms with Crippen molar-refractivity contribution in [1.82, 2.24) is 0 Å². The first-order valence-electron chi connectivity index (χ1n) is 8.95. The Kier molecular flexibility index (Phi) is 5.14. The minimum Gasteiger partial charge on any atom is -0.465 e. The van der Waals surface area contributed by atoms with Gasteiger partial charge in [-0.2, -0.15) is 5.10 Å². The van der Waals surface area contributed by atoms with Crippen LogP contribution in [0.3, 0.4) is 0 Å². The first-order chi connectivity index (χ1) is 14.0. The van der Waals surface area contributed by atoms with Gasteiger partial charge in [0.1, 0.15) is 4.91 Å². The molecular formula is C21H19N3O3S2. The van der Waals surface area contributed by atoms with E-state index in [-0.39, 0.29) is 5.78 Å². The zero-order valence-corrected chi connectivity index (χ0v) is 17.8. The average molecular weight is 426 g/mol. The Bertz CT molecular complexity index is 1020. The summed E-state index contributed by atoms with van der Waals surface area (Å²) in [7, 11) is 1.37. The number of thioether (sulfide) groups is 2. The van der Waals surface area contributed by atoms with E-state index in [1.807, 2.05) is 77.5 Å². The summed E-state index contributed by atoms with van der Waals surface area (Å²) in [5.41, 5.74) is 2.47. The third kappa shape index (κ3) is 3.22. The van der Waals surface area contributed by atoms with E-state index in [1.165, 1.54) is 37.6 Å². The number of para-hydroxylation sites is 2. The second kappa shape index (κ2) is 7.61. The van der Waals surface area contributed by atoms with Crippen molar-refractivity contribution in [1.29, 1.82) is 0 Å². The summed E-state index contributed by atoms with van der Waals surface area (Å²) in [6.45, 7) is 3.39. The standard InChI is InChI=1S/C21H19N3O3S2/c1-14-18(20(26)27-3)28-21(23(14)16-10-6-4-7-11-16)24(17-12-8-5-9-13-17)22-19(29-21)15(2)25/h4-13H,1-3H3. The van der Waals surface area contributed by atoms with Gasteiger partial charge in [0.25, 0.3) is 0 Å². The molecule has 0 radical (unpaired) electrons. The Balaban J connectivity index is 1.91. The molecular weight excluding hydrogens is 406 g/mol. The fourth-order valence-corrected chi connectivity index (χ4v) is 6.24. The number of rotatable bonds is 4. The molecule has 2 heterocycles. The fourth-order valence-electron chi connectivity index (χ4n) is 3.26. The van der Waals surface area contributed by atoms with Gasteiger partial charge in [-0.15, -0.1) is 0 Å². The summed E-state index contributed by atoms with van der Waals surface area (Å²) in [6.07, 6.45) is 0. The minimum absolute atomic E-state index is 0.120. The highest BCUT2D eigenvalue weighted by atomic mass is 32.2. The quantitative estimate of drug-likeness (QED) is 0.672. The van der Waals surface area contributed by atoms with E-state index in [9.17, 15) is 9.59 Å². The highest BCUT2D eigenvalue weighted by Gasteiger charge is 2.57.